The van der Waals surface area contributed by atoms with Crippen LogP contribution in [-0.4, -0.2) is 16.9 Å². The molecule has 5 N–H and O–H groups in total. The number of benzene rings is 2. The third-order valence-electron chi connectivity index (χ3n) is 3.03. The summed E-state index contributed by atoms with van der Waals surface area (Å²) in [6.07, 6.45) is 1.46. The van der Waals surface area contributed by atoms with E-state index in [1.807, 2.05) is 0 Å². The van der Waals surface area contributed by atoms with Crippen molar-refractivity contribution in [2.24, 2.45) is 5.73 Å². The standard InChI is InChI=1S/C17H15ClN4O2S/c18-13-9-5-4-8-12(13)10-14(16(24)21-22-17(19)25)20-15(23)11-6-2-1-3-7-11/h1-10H,(H,20,23)(H,21,24)(H3,19,22,25). The Morgan fingerprint density at radius 1 is 1.00 bits per heavy atom. The largest absolute Gasteiger partial charge is 0.375 e. The average molecular weight is 375 g/mol. The highest BCUT2D eigenvalue weighted by molar-refractivity contribution is 7.80. The Labute approximate surface area is 155 Å². The van der Waals surface area contributed by atoms with E-state index in [1.54, 1.807) is 54.6 Å². The lowest BCUT2D eigenvalue weighted by molar-refractivity contribution is -0.118. The van der Waals surface area contributed by atoms with Crippen molar-refractivity contribution in [3.05, 3.63) is 76.4 Å². The molecule has 2 rings (SSSR count). The van der Waals surface area contributed by atoms with Crippen LogP contribution in [0.1, 0.15) is 15.9 Å². The third kappa shape index (κ3) is 5.59. The van der Waals surface area contributed by atoms with Gasteiger partial charge in [0.2, 0.25) is 0 Å². The normalized spacial score (nSPS) is 10.7. The van der Waals surface area contributed by atoms with E-state index in [0.29, 0.717) is 16.1 Å². The summed E-state index contributed by atoms with van der Waals surface area (Å²) < 4.78 is 0. The molecular formula is C17H15ClN4O2S. The SMILES string of the molecule is NC(=S)NNC(=O)C(=Cc1ccccc1Cl)NC(=O)c1ccccc1. The van der Waals surface area contributed by atoms with E-state index >= 15 is 0 Å². The molecule has 25 heavy (non-hydrogen) atoms. The summed E-state index contributed by atoms with van der Waals surface area (Å²) in [5.41, 5.74) is 10.9. The predicted molar refractivity (Wildman–Crippen MR) is 101 cm³/mol. The summed E-state index contributed by atoms with van der Waals surface area (Å²) in [6, 6.07) is 15.4. The molecule has 0 spiro atoms. The highest BCUT2D eigenvalue weighted by atomic mass is 35.5. The van der Waals surface area contributed by atoms with E-state index in [1.165, 1.54) is 6.08 Å². The van der Waals surface area contributed by atoms with Crippen molar-refractivity contribution in [1.29, 1.82) is 0 Å². The van der Waals surface area contributed by atoms with Crippen molar-refractivity contribution in [3.63, 3.8) is 0 Å². The molecular weight excluding hydrogens is 360 g/mol. The number of nitrogens with two attached hydrogens (primary N) is 1. The second-order valence-corrected chi connectivity index (χ2v) is 5.69. The number of carbonyl (C=O) groups is 2. The van der Waals surface area contributed by atoms with Crippen LogP contribution in [0.4, 0.5) is 0 Å². The van der Waals surface area contributed by atoms with Crippen molar-refractivity contribution >= 4 is 46.8 Å². The number of halogens is 1. The van der Waals surface area contributed by atoms with Gasteiger partial charge in [-0.25, -0.2) is 0 Å². The second kappa shape index (κ2) is 8.81. The number of carbonyl (C=O) groups excluding carboxylic acids is 2. The number of hydrogen-bond acceptors (Lipinski definition) is 3. The van der Waals surface area contributed by atoms with Crippen LogP contribution < -0.4 is 21.9 Å². The zero-order valence-corrected chi connectivity index (χ0v) is 14.5. The maximum atomic E-state index is 12.3. The Morgan fingerprint density at radius 2 is 1.64 bits per heavy atom. The van der Waals surface area contributed by atoms with Crippen molar-refractivity contribution < 1.29 is 9.59 Å². The van der Waals surface area contributed by atoms with E-state index < -0.39 is 11.8 Å². The monoisotopic (exact) mass is 374 g/mol. The molecule has 0 bridgehead atoms. The first-order chi connectivity index (χ1) is 12.0. The Hall–Kier alpha value is -2.90. The minimum Gasteiger partial charge on any atom is -0.375 e. The first-order valence-corrected chi connectivity index (χ1v) is 7.94. The van der Waals surface area contributed by atoms with Crippen LogP contribution in [0.15, 0.2) is 60.3 Å². The highest BCUT2D eigenvalue weighted by Crippen LogP contribution is 2.17. The van der Waals surface area contributed by atoms with Crippen molar-refractivity contribution in [2.45, 2.75) is 0 Å². The molecule has 0 aromatic heterocycles. The fourth-order valence-electron chi connectivity index (χ4n) is 1.88. The summed E-state index contributed by atoms with van der Waals surface area (Å²) in [6.45, 7) is 0. The first-order valence-electron chi connectivity index (χ1n) is 7.16. The second-order valence-electron chi connectivity index (χ2n) is 4.84. The molecule has 2 amide bonds. The fraction of sp³-hybridized carbons (Fsp3) is 0. The summed E-state index contributed by atoms with van der Waals surface area (Å²) >= 11 is 10.7. The molecule has 0 unspecified atom stereocenters. The molecule has 128 valence electrons. The van der Waals surface area contributed by atoms with Gasteiger partial charge in [0.1, 0.15) is 5.70 Å². The van der Waals surface area contributed by atoms with E-state index in [4.69, 9.17) is 17.3 Å². The van der Waals surface area contributed by atoms with Gasteiger partial charge in [0.25, 0.3) is 11.8 Å². The number of hydrazine groups is 1. The summed E-state index contributed by atoms with van der Waals surface area (Å²) in [7, 11) is 0. The zero-order valence-electron chi connectivity index (χ0n) is 13.0. The molecule has 0 saturated heterocycles. The summed E-state index contributed by atoms with van der Waals surface area (Å²) in [5.74, 6) is -1.07. The van der Waals surface area contributed by atoms with Gasteiger partial charge in [-0.1, -0.05) is 48.0 Å². The molecule has 8 heteroatoms. The molecule has 0 aliphatic heterocycles. The molecule has 0 saturated carbocycles. The highest BCUT2D eigenvalue weighted by Gasteiger charge is 2.15. The lowest BCUT2D eigenvalue weighted by atomic mass is 10.1. The predicted octanol–water partition coefficient (Wildman–Crippen LogP) is 1.98. The Morgan fingerprint density at radius 3 is 2.28 bits per heavy atom. The van der Waals surface area contributed by atoms with Gasteiger partial charge in [-0.3, -0.25) is 20.4 Å². The summed E-state index contributed by atoms with van der Waals surface area (Å²) in [5, 5.41) is 2.88. The summed E-state index contributed by atoms with van der Waals surface area (Å²) in [4.78, 5) is 24.7. The lowest BCUT2D eigenvalue weighted by Gasteiger charge is -2.12. The first kappa shape index (κ1) is 18.4. The number of amides is 2. The van der Waals surface area contributed by atoms with E-state index in [-0.39, 0.29) is 10.8 Å². The van der Waals surface area contributed by atoms with E-state index in [0.717, 1.165) is 0 Å². The van der Waals surface area contributed by atoms with Gasteiger partial charge >= 0.3 is 0 Å². The van der Waals surface area contributed by atoms with Gasteiger partial charge in [-0.2, -0.15) is 0 Å². The zero-order chi connectivity index (χ0) is 18.2. The number of rotatable bonds is 4. The van der Waals surface area contributed by atoms with Crippen LogP contribution in [0.3, 0.4) is 0 Å². The molecule has 0 aliphatic rings. The van der Waals surface area contributed by atoms with E-state index in [9.17, 15) is 9.59 Å². The van der Waals surface area contributed by atoms with Gasteiger partial charge in [0.05, 0.1) is 0 Å². The van der Waals surface area contributed by atoms with Crippen LogP contribution in [0.2, 0.25) is 5.02 Å². The van der Waals surface area contributed by atoms with Crippen LogP contribution in [-0.2, 0) is 4.79 Å². The van der Waals surface area contributed by atoms with Crippen LogP contribution >= 0.6 is 23.8 Å². The van der Waals surface area contributed by atoms with Gasteiger partial charge in [-0.05, 0) is 42.1 Å². The maximum absolute atomic E-state index is 12.3. The molecule has 0 atom stereocenters. The molecule has 0 fully saturated rings. The third-order valence-corrected chi connectivity index (χ3v) is 3.48. The van der Waals surface area contributed by atoms with Crippen LogP contribution in [0.25, 0.3) is 6.08 Å². The number of hydrogen-bond donors (Lipinski definition) is 4. The van der Waals surface area contributed by atoms with Gasteiger partial charge < -0.3 is 11.1 Å². The Balaban J connectivity index is 2.28. The van der Waals surface area contributed by atoms with Gasteiger partial charge in [0.15, 0.2) is 5.11 Å². The van der Waals surface area contributed by atoms with Crippen LogP contribution in [0, 0.1) is 0 Å². The minimum absolute atomic E-state index is 0.0225. The molecule has 2 aromatic carbocycles. The Kier molecular flexibility index (Phi) is 6.50. The molecule has 0 aliphatic carbocycles. The Bertz CT molecular complexity index is 824. The average Bonchev–Trinajstić information content (AvgIpc) is 2.61. The van der Waals surface area contributed by atoms with Crippen molar-refractivity contribution in [3.8, 4) is 0 Å². The molecule has 2 aromatic rings. The fourth-order valence-corrected chi connectivity index (χ4v) is 2.12. The quantitative estimate of drug-likeness (QED) is 0.373. The van der Waals surface area contributed by atoms with Gasteiger partial charge in [-0.15, -0.1) is 0 Å². The van der Waals surface area contributed by atoms with Gasteiger partial charge in [0, 0.05) is 10.6 Å². The maximum Gasteiger partial charge on any atom is 0.286 e. The molecule has 0 radical (unpaired) electrons. The smallest absolute Gasteiger partial charge is 0.286 e. The number of thiocarbonyl (C=S) groups is 1. The van der Waals surface area contributed by atoms with E-state index in [2.05, 4.69) is 28.4 Å². The number of nitrogens with one attached hydrogen (secondary N) is 3. The molecule has 0 heterocycles. The topological polar surface area (TPSA) is 96.2 Å². The van der Waals surface area contributed by atoms with Crippen LogP contribution in [0.5, 0.6) is 0 Å². The molecule has 6 nitrogen and oxygen atoms in total. The van der Waals surface area contributed by atoms with Crippen molar-refractivity contribution in [1.82, 2.24) is 16.2 Å². The van der Waals surface area contributed by atoms with Crippen molar-refractivity contribution in [2.75, 3.05) is 0 Å². The minimum atomic E-state index is -0.628. The lowest BCUT2D eigenvalue weighted by Crippen LogP contribution is -2.47.